The van der Waals surface area contributed by atoms with Gasteiger partial charge in [0.2, 0.25) is 0 Å². The normalized spacial score (nSPS) is 11.8. The van der Waals surface area contributed by atoms with Gasteiger partial charge in [-0.05, 0) is 17.9 Å². The van der Waals surface area contributed by atoms with Crippen molar-refractivity contribution in [3.8, 4) is 0 Å². The number of carbonyl (C=O) groups excluding carboxylic acids is 3. The molecule has 0 saturated heterocycles. The number of hydrogen-bond donors (Lipinski definition) is 0. The van der Waals surface area contributed by atoms with Crippen LogP contribution in [0.4, 0.5) is 0 Å². The molecule has 5 nitrogen and oxygen atoms in total. The molecule has 0 aliphatic heterocycles. The molecule has 0 spiro atoms. The van der Waals surface area contributed by atoms with E-state index < -0.39 is 5.78 Å². The van der Waals surface area contributed by atoms with Gasteiger partial charge in [-0.15, -0.1) is 0 Å². The van der Waals surface area contributed by atoms with Crippen LogP contribution in [0, 0.1) is 5.92 Å². The zero-order valence-electron chi connectivity index (χ0n) is 8.70. The van der Waals surface area contributed by atoms with Crippen molar-refractivity contribution in [2.45, 2.75) is 19.3 Å². The van der Waals surface area contributed by atoms with Crippen molar-refractivity contribution >= 4 is 18.4 Å². The molecular weight excluding hydrogens is 208 g/mol. The minimum Gasteiger partial charge on any atom is -0.303 e. The third-order valence-corrected chi connectivity index (χ3v) is 2.19. The van der Waals surface area contributed by atoms with Gasteiger partial charge in [0.15, 0.2) is 12.1 Å². The highest BCUT2D eigenvalue weighted by Gasteiger charge is 2.14. The Labute approximate surface area is 92.9 Å². The minimum atomic E-state index is -0.483. The van der Waals surface area contributed by atoms with Gasteiger partial charge in [0, 0.05) is 25.2 Å². The molecule has 0 amide bonds. The van der Waals surface area contributed by atoms with E-state index in [0.29, 0.717) is 12.7 Å². The largest absolute Gasteiger partial charge is 0.303 e. The number of carbonyl (C=O) groups is 3. The molecule has 1 aromatic rings. The Morgan fingerprint density at radius 3 is 2.56 bits per heavy atom. The molecule has 1 heterocycles. The zero-order valence-corrected chi connectivity index (χ0v) is 8.70. The second kappa shape index (κ2) is 6.55. The lowest BCUT2D eigenvalue weighted by Gasteiger charge is -2.10. The Kier molecular flexibility index (Phi) is 4.98. The van der Waals surface area contributed by atoms with Crippen molar-refractivity contribution in [3.63, 3.8) is 0 Å². The fourth-order valence-electron chi connectivity index (χ4n) is 1.48. The van der Waals surface area contributed by atoms with E-state index >= 15 is 0 Å². The molecule has 0 saturated carbocycles. The van der Waals surface area contributed by atoms with Crippen LogP contribution in [0.2, 0.25) is 0 Å². The molecule has 1 aromatic heterocycles. The quantitative estimate of drug-likeness (QED) is 0.490. The molecule has 0 aliphatic carbocycles. The summed E-state index contributed by atoms with van der Waals surface area (Å²) in [7, 11) is 0. The Hall–Kier alpha value is -1.91. The summed E-state index contributed by atoms with van der Waals surface area (Å²) in [5, 5.41) is 0. The van der Waals surface area contributed by atoms with Crippen molar-refractivity contribution < 1.29 is 14.4 Å². The first kappa shape index (κ1) is 12.2. The number of ketones is 1. The molecular formula is C11H12N2O3. The summed E-state index contributed by atoms with van der Waals surface area (Å²) in [6, 6.07) is 0. The van der Waals surface area contributed by atoms with Gasteiger partial charge >= 0.3 is 0 Å². The molecule has 5 heteroatoms. The van der Waals surface area contributed by atoms with Gasteiger partial charge in [-0.1, -0.05) is 0 Å². The number of rotatable bonds is 7. The maximum Gasteiger partial charge on any atom is 0.195 e. The van der Waals surface area contributed by atoms with E-state index in [1.54, 1.807) is 12.4 Å². The third-order valence-electron chi connectivity index (χ3n) is 2.19. The van der Waals surface area contributed by atoms with Gasteiger partial charge in [0.05, 0.1) is 0 Å². The summed E-state index contributed by atoms with van der Waals surface area (Å²) in [5.41, 5.74) is 0.855. The first-order valence-electron chi connectivity index (χ1n) is 4.91. The zero-order chi connectivity index (χ0) is 11.8. The summed E-state index contributed by atoms with van der Waals surface area (Å²) in [4.78, 5) is 39.3. The average Bonchev–Trinajstić information content (AvgIpc) is 2.30. The van der Waals surface area contributed by atoms with Gasteiger partial charge in [0.1, 0.15) is 12.6 Å². The Balaban J connectivity index is 2.60. The highest BCUT2D eigenvalue weighted by Crippen LogP contribution is 2.14. The maximum atomic E-state index is 11.0. The van der Waals surface area contributed by atoms with Crippen LogP contribution in [-0.4, -0.2) is 28.3 Å². The molecule has 0 N–H and O–H groups in total. The fourth-order valence-corrected chi connectivity index (χ4v) is 1.48. The summed E-state index contributed by atoms with van der Waals surface area (Å²) >= 11 is 0. The van der Waals surface area contributed by atoms with Crippen molar-refractivity contribution in [3.05, 3.63) is 24.3 Å². The van der Waals surface area contributed by atoms with E-state index in [-0.39, 0.29) is 18.8 Å². The van der Waals surface area contributed by atoms with Crippen LogP contribution >= 0.6 is 0 Å². The predicted molar refractivity (Wildman–Crippen MR) is 55.6 cm³/mol. The van der Waals surface area contributed by atoms with Gasteiger partial charge in [0.25, 0.3) is 0 Å². The van der Waals surface area contributed by atoms with E-state index in [4.69, 9.17) is 0 Å². The first-order chi connectivity index (χ1) is 7.76. The molecule has 16 heavy (non-hydrogen) atoms. The summed E-state index contributed by atoms with van der Waals surface area (Å²) in [5.74, 6) is -0.634. The maximum absolute atomic E-state index is 11.0. The van der Waals surface area contributed by atoms with Gasteiger partial charge in [-0.2, -0.15) is 0 Å². The first-order valence-corrected chi connectivity index (χ1v) is 4.91. The average molecular weight is 220 g/mol. The van der Waals surface area contributed by atoms with Crippen LogP contribution in [0.15, 0.2) is 18.7 Å². The smallest absolute Gasteiger partial charge is 0.195 e. The standard InChI is InChI=1S/C11H12N2O3/c14-2-1-9(4-11(16)7-15)3-10-5-12-8-13-6-10/h2,5-9H,1,3-4H2. The Morgan fingerprint density at radius 1 is 1.31 bits per heavy atom. The van der Waals surface area contributed by atoms with Gasteiger partial charge in [-0.25, -0.2) is 9.97 Å². The minimum absolute atomic E-state index is 0.0944. The van der Waals surface area contributed by atoms with E-state index in [9.17, 15) is 14.4 Å². The molecule has 84 valence electrons. The van der Waals surface area contributed by atoms with Crippen molar-refractivity contribution in [2.24, 2.45) is 5.92 Å². The fraction of sp³-hybridized carbons (Fsp3) is 0.364. The summed E-state index contributed by atoms with van der Waals surface area (Å²) in [6.07, 6.45) is 6.61. The lowest BCUT2D eigenvalue weighted by atomic mass is 9.93. The molecule has 1 rings (SSSR count). The van der Waals surface area contributed by atoms with E-state index in [0.717, 1.165) is 11.8 Å². The van der Waals surface area contributed by atoms with Crippen molar-refractivity contribution in [1.82, 2.24) is 9.97 Å². The molecule has 0 aliphatic rings. The highest BCUT2D eigenvalue weighted by atomic mass is 16.2. The Bertz CT molecular complexity index is 365. The van der Waals surface area contributed by atoms with E-state index in [1.807, 2.05) is 0 Å². The lowest BCUT2D eigenvalue weighted by molar-refractivity contribution is -0.130. The summed E-state index contributed by atoms with van der Waals surface area (Å²) < 4.78 is 0. The SMILES string of the molecule is O=CCC(CC(=O)C=O)Cc1cncnc1. The van der Waals surface area contributed by atoms with Crippen LogP contribution in [0.3, 0.4) is 0 Å². The van der Waals surface area contributed by atoms with Crippen LogP contribution in [0.5, 0.6) is 0 Å². The number of Topliss-reactive ketones (excluding diaryl/α,β-unsaturated/α-hetero) is 1. The molecule has 1 atom stereocenters. The van der Waals surface area contributed by atoms with E-state index in [1.165, 1.54) is 6.33 Å². The van der Waals surface area contributed by atoms with Crippen molar-refractivity contribution in [1.29, 1.82) is 0 Å². The van der Waals surface area contributed by atoms with Crippen LogP contribution in [-0.2, 0) is 20.8 Å². The van der Waals surface area contributed by atoms with E-state index in [2.05, 4.69) is 9.97 Å². The Morgan fingerprint density at radius 2 is 2.00 bits per heavy atom. The van der Waals surface area contributed by atoms with Gasteiger partial charge < -0.3 is 4.79 Å². The number of aromatic nitrogens is 2. The van der Waals surface area contributed by atoms with Crippen LogP contribution in [0.1, 0.15) is 18.4 Å². The molecule has 0 aromatic carbocycles. The van der Waals surface area contributed by atoms with Crippen LogP contribution in [0.25, 0.3) is 0 Å². The monoisotopic (exact) mass is 220 g/mol. The molecule has 1 unspecified atom stereocenters. The molecule has 0 fully saturated rings. The van der Waals surface area contributed by atoms with Crippen molar-refractivity contribution in [2.75, 3.05) is 0 Å². The molecule has 0 bridgehead atoms. The van der Waals surface area contributed by atoms with Crippen LogP contribution < -0.4 is 0 Å². The predicted octanol–water partition coefficient (Wildman–Crippen LogP) is 0.382. The second-order valence-corrected chi connectivity index (χ2v) is 3.51. The van der Waals surface area contributed by atoms with Gasteiger partial charge in [-0.3, -0.25) is 9.59 Å². The number of aldehydes is 2. The highest BCUT2D eigenvalue weighted by molar-refractivity contribution is 6.24. The number of hydrogen-bond acceptors (Lipinski definition) is 5. The topological polar surface area (TPSA) is 77.0 Å². The number of nitrogens with zero attached hydrogens (tertiary/aromatic N) is 2. The molecule has 0 radical (unpaired) electrons. The third kappa shape index (κ3) is 4.08. The second-order valence-electron chi connectivity index (χ2n) is 3.51. The lowest BCUT2D eigenvalue weighted by Crippen LogP contribution is -2.13. The summed E-state index contributed by atoms with van der Waals surface area (Å²) in [6.45, 7) is 0.